The summed E-state index contributed by atoms with van der Waals surface area (Å²) in [6, 6.07) is 8.29. The van der Waals surface area contributed by atoms with E-state index in [-0.39, 0.29) is 5.28 Å². The molecule has 0 radical (unpaired) electrons. The van der Waals surface area contributed by atoms with Crippen LogP contribution in [0.3, 0.4) is 0 Å². The fourth-order valence-electron chi connectivity index (χ4n) is 2.49. The van der Waals surface area contributed by atoms with E-state index in [2.05, 4.69) is 36.1 Å². The van der Waals surface area contributed by atoms with Gasteiger partial charge in [-0.2, -0.15) is 0 Å². The van der Waals surface area contributed by atoms with Crippen molar-refractivity contribution in [1.82, 2.24) is 9.97 Å². The minimum atomic E-state index is 0.290. The highest BCUT2D eigenvalue weighted by Gasteiger charge is 2.15. The molecule has 4 heteroatoms. The van der Waals surface area contributed by atoms with E-state index in [1.165, 1.54) is 0 Å². The maximum Gasteiger partial charge on any atom is 0.224 e. The van der Waals surface area contributed by atoms with Crippen LogP contribution < -0.4 is 5.32 Å². The SMILES string of the molecule is CCC(CC)C(C)Nc1nc(Cl)nc2ccccc12. The molecule has 1 aromatic carbocycles. The number of hydrogen-bond donors (Lipinski definition) is 1. The van der Waals surface area contributed by atoms with Crippen LogP contribution in [0.2, 0.25) is 5.28 Å². The van der Waals surface area contributed by atoms with Crippen molar-refractivity contribution in [2.75, 3.05) is 5.32 Å². The number of hydrogen-bond acceptors (Lipinski definition) is 3. The molecule has 1 unspecified atom stereocenters. The molecular formula is C15H20ClN3. The molecule has 0 saturated carbocycles. The molecule has 2 rings (SSSR count). The predicted octanol–water partition coefficient (Wildman–Crippen LogP) is 4.52. The molecule has 19 heavy (non-hydrogen) atoms. The topological polar surface area (TPSA) is 37.8 Å². The van der Waals surface area contributed by atoms with Gasteiger partial charge >= 0.3 is 0 Å². The van der Waals surface area contributed by atoms with Gasteiger partial charge in [-0.1, -0.05) is 38.8 Å². The Bertz CT molecular complexity index is 552. The minimum absolute atomic E-state index is 0.290. The second kappa shape index (κ2) is 6.20. The lowest BCUT2D eigenvalue weighted by Crippen LogP contribution is -2.25. The van der Waals surface area contributed by atoms with Gasteiger partial charge in [0.05, 0.1) is 5.52 Å². The van der Waals surface area contributed by atoms with E-state index in [4.69, 9.17) is 11.6 Å². The third-order valence-electron chi connectivity index (χ3n) is 3.70. The first kappa shape index (κ1) is 14.1. The molecule has 1 N–H and O–H groups in total. The smallest absolute Gasteiger partial charge is 0.224 e. The van der Waals surface area contributed by atoms with E-state index in [0.29, 0.717) is 12.0 Å². The first-order valence-corrected chi connectivity index (χ1v) is 7.22. The van der Waals surface area contributed by atoms with E-state index in [1.807, 2.05) is 24.3 Å². The Morgan fingerprint density at radius 1 is 1.16 bits per heavy atom. The lowest BCUT2D eigenvalue weighted by molar-refractivity contribution is 0.437. The number of para-hydroxylation sites is 1. The predicted molar refractivity (Wildman–Crippen MR) is 81.7 cm³/mol. The maximum absolute atomic E-state index is 5.99. The van der Waals surface area contributed by atoms with Crippen molar-refractivity contribution >= 4 is 28.3 Å². The van der Waals surface area contributed by atoms with E-state index in [1.54, 1.807) is 0 Å². The Morgan fingerprint density at radius 2 is 1.84 bits per heavy atom. The summed E-state index contributed by atoms with van der Waals surface area (Å²) in [5, 5.41) is 4.80. The van der Waals surface area contributed by atoms with Crippen molar-refractivity contribution in [2.45, 2.75) is 39.7 Å². The number of nitrogens with one attached hydrogen (secondary N) is 1. The minimum Gasteiger partial charge on any atom is -0.367 e. The van der Waals surface area contributed by atoms with E-state index in [9.17, 15) is 0 Å². The number of nitrogens with zero attached hydrogens (tertiary/aromatic N) is 2. The van der Waals surface area contributed by atoms with Crippen molar-refractivity contribution in [1.29, 1.82) is 0 Å². The fourth-order valence-corrected chi connectivity index (χ4v) is 2.66. The summed E-state index contributed by atoms with van der Waals surface area (Å²) >= 11 is 5.99. The Morgan fingerprint density at radius 3 is 2.53 bits per heavy atom. The van der Waals surface area contributed by atoms with Crippen LogP contribution >= 0.6 is 11.6 Å². The second-order valence-electron chi connectivity index (χ2n) is 4.87. The normalized spacial score (nSPS) is 12.9. The van der Waals surface area contributed by atoms with Gasteiger partial charge in [0.2, 0.25) is 5.28 Å². The lowest BCUT2D eigenvalue weighted by atomic mass is 9.95. The van der Waals surface area contributed by atoms with Crippen molar-refractivity contribution in [3.8, 4) is 0 Å². The van der Waals surface area contributed by atoms with Gasteiger partial charge in [-0.3, -0.25) is 0 Å². The Labute approximate surface area is 119 Å². The molecule has 1 atom stereocenters. The van der Waals surface area contributed by atoms with E-state index >= 15 is 0 Å². The van der Waals surface area contributed by atoms with Crippen molar-refractivity contribution in [2.24, 2.45) is 5.92 Å². The number of rotatable bonds is 5. The lowest BCUT2D eigenvalue weighted by Gasteiger charge is -2.23. The van der Waals surface area contributed by atoms with Crippen LogP contribution in [-0.2, 0) is 0 Å². The van der Waals surface area contributed by atoms with Crippen LogP contribution in [-0.4, -0.2) is 16.0 Å². The molecule has 0 amide bonds. The van der Waals surface area contributed by atoms with E-state index in [0.717, 1.165) is 29.6 Å². The molecule has 102 valence electrons. The average Bonchev–Trinajstić information content (AvgIpc) is 2.40. The third-order valence-corrected chi connectivity index (χ3v) is 3.87. The van der Waals surface area contributed by atoms with Crippen molar-refractivity contribution in [3.05, 3.63) is 29.5 Å². The number of anilines is 1. The van der Waals surface area contributed by atoms with Crippen molar-refractivity contribution in [3.63, 3.8) is 0 Å². The molecule has 0 fully saturated rings. The first-order chi connectivity index (χ1) is 9.15. The quantitative estimate of drug-likeness (QED) is 0.817. The summed E-state index contributed by atoms with van der Waals surface area (Å²) in [5.74, 6) is 1.46. The zero-order valence-corrected chi connectivity index (χ0v) is 12.4. The molecule has 0 aliphatic heterocycles. The number of halogens is 1. The molecular weight excluding hydrogens is 258 g/mol. The maximum atomic E-state index is 5.99. The van der Waals surface area contributed by atoms with Crippen molar-refractivity contribution < 1.29 is 0 Å². The average molecular weight is 278 g/mol. The van der Waals surface area contributed by atoms with Crippen LogP contribution in [0.1, 0.15) is 33.6 Å². The number of fused-ring (bicyclic) bond motifs is 1. The zero-order valence-electron chi connectivity index (χ0n) is 11.7. The Kier molecular flexibility index (Phi) is 4.59. The molecule has 0 aliphatic carbocycles. The molecule has 0 bridgehead atoms. The number of benzene rings is 1. The van der Waals surface area contributed by atoms with Gasteiger partial charge in [-0.25, -0.2) is 9.97 Å². The van der Waals surface area contributed by atoms with Crippen LogP contribution in [0.4, 0.5) is 5.82 Å². The highest BCUT2D eigenvalue weighted by atomic mass is 35.5. The molecule has 0 aliphatic rings. The molecule has 1 aromatic heterocycles. The second-order valence-corrected chi connectivity index (χ2v) is 5.21. The molecule has 2 aromatic rings. The monoisotopic (exact) mass is 277 g/mol. The van der Waals surface area contributed by atoms with Gasteiger partial charge in [-0.05, 0) is 36.6 Å². The summed E-state index contributed by atoms with van der Waals surface area (Å²) in [5.41, 5.74) is 0.877. The highest BCUT2D eigenvalue weighted by molar-refractivity contribution is 6.28. The molecule has 0 spiro atoms. The largest absolute Gasteiger partial charge is 0.367 e. The number of aromatic nitrogens is 2. The zero-order chi connectivity index (χ0) is 13.8. The van der Waals surface area contributed by atoms with Gasteiger partial charge in [0.25, 0.3) is 0 Å². The van der Waals surface area contributed by atoms with Crippen LogP contribution in [0, 0.1) is 5.92 Å². The standard InChI is InChI=1S/C15H20ClN3/c1-4-11(5-2)10(3)17-14-12-8-6-7-9-13(12)18-15(16)19-14/h6-11H,4-5H2,1-3H3,(H,17,18,19). The van der Waals surface area contributed by atoms with Gasteiger partial charge in [0, 0.05) is 11.4 Å². The van der Waals surface area contributed by atoms with Crippen LogP contribution in [0.25, 0.3) is 10.9 Å². The summed E-state index contributed by atoms with van der Waals surface area (Å²) < 4.78 is 0. The highest BCUT2D eigenvalue weighted by Crippen LogP contribution is 2.24. The summed E-state index contributed by atoms with van der Waals surface area (Å²) in [4.78, 5) is 8.58. The van der Waals surface area contributed by atoms with Gasteiger partial charge in [0.1, 0.15) is 5.82 Å². The van der Waals surface area contributed by atoms with Gasteiger partial charge < -0.3 is 5.32 Å². The molecule has 0 saturated heterocycles. The fraction of sp³-hybridized carbons (Fsp3) is 0.467. The van der Waals surface area contributed by atoms with Gasteiger partial charge in [-0.15, -0.1) is 0 Å². The van der Waals surface area contributed by atoms with Crippen LogP contribution in [0.5, 0.6) is 0 Å². The van der Waals surface area contributed by atoms with Gasteiger partial charge in [0.15, 0.2) is 0 Å². The molecule has 1 heterocycles. The van der Waals surface area contributed by atoms with E-state index < -0.39 is 0 Å². The third kappa shape index (κ3) is 3.16. The summed E-state index contributed by atoms with van der Waals surface area (Å²) in [6.45, 7) is 6.64. The van der Waals surface area contributed by atoms with Crippen LogP contribution in [0.15, 0.2) is 24.3 Å². The Hall–Kier alpha value is -1.35. The Balaban J connectivity index is 2.34. The first-order valence-electron chi connectivity index (χ1n) is 6.84. The summed E-state index contributed by atoms with van der Waals surface area (Å²) in [7, 11) is 0. The molecule has 3 nitrogen and oxygen atoms in total. The summed E-state index contributed by atoms with van der Waals surface area (Å²) in [6.07, 6.45) is 2.31.